The number of imidazole rings is 1. The molecule has 2 aromatic heterocycles. The third kappa shape index (κ3) is 3.94. The maximum Gasteiger partial charge on any atom is 0.164 e. The van der Waals surface area contributed by atoms with Gasteiger partial charge in [-0.15, -0.1) is 0 Å². The van der Waals surface area contributed by atoms with Crippen molar-refractivity contribution in [3.05, 3.63) is 139 Å². The lowest BCUT2D eigenvalue weighted by Gasteiger charge is -2.13. The summed E-state index contributed by atoms with van der Waals surface area (Å²) in [6, 6.07) is 45.6. The van der Waals surface area contributed by atoms with Crippen LogP contribution in [-0.4, -0.2) is 24.5 Å². The molecular formula is C37H25N5. The van der Waals surface area contributed by atoms with E-state index < -0.39 is 0 Å². The fraction of sp³-hybridized carbons (Fsp3) is 0.0270. The highest BCUT2D eigenvalue weighted by atomic mass is 15.1. The first-order chi connectivity index (χ1) is 20.7. The minimum absolute atomic E-state index is 0.627. The average Bonchev–Trinajstić information content (AvgIpc) is 3.43. The summed E-state index contributed by atoms with van der Waals surface area (Å²) >= 11 is 0. The van der Waals surface area contributed by atoms with Gasteiger partial charge in [-0.25, -0.2) is 19.9 Å². The number of hydrogen-bond acceptors (Lipinski definition) is 4. The summed E-state index contributed by atoms with van der Waals surface area (Å²) in [6.45, 7) is 2.07. The first kappa shape index (κ1) is 24.1. The van der Waals surface area contributed by atoms with Gasteiger partial charge in [0.1, 0.15) is 5.82 Å². The molecule has 0 aliphatic carbocycles. The van der Waals surface area contributed by atoms with Crippen molar-refractivity contribution in [3.63, 3.8) is 0 Å². The van der Waals surface area contributed by atoms with Crippen LogP contribution in [0.2, 0.25) is 0 Å². The lowest BCUT2D eigenvalue weighted by Crippen LogP contribution is -2.01. The molecule has 0 saturated carbocycles. The SMILES string of the molecule is Cc1nc2c3ccccc3c3ccccc3c2n1-c1cccc(-c2nc(-c3ccccc3)nc(-c3ccccc3)n2)c1. The quantitative estimate of drug-likeness (QED) is 0.210. The van der Waals surface area contributed by atoms with E-state index in [4.69, 9.17) is 19.9 Å². The zero-order valence-electron chi connectivity index (χ0n) is 22.9. The number of aryl methyl sites for hydroxylation is 1. The van der Waals surface area contributed by atoms with Crippen molar-refractivity contribution in [1.29, 1.82) is 0 Å². The molecule has 0 fully saturated rings. The standard InChI is InChI=1S/C37H25N5/c1-24-38-33-31-21-10-8-19-29(31)30-20-9-11-22-32(30)34(33)42(24)28-18-12-17-27(23-28)37-40-35(25-13-4-2-5-14-25)39-36(41-37)26-15-6-3-7-16-26/h2-23H,1H3. The zero-order valence-corrected chi connectivity index (χ0v) is 22.9. The monoisotopic (exact) mass is 539 g/mol. The Labute approximate surface area is 242 Å². The molecule has 0 N–H and O–H groups in total. The van der Waals surface area contributed by atoms with Crippen molar-refractivity contribution in [3.8, 4) is 39.9 Å². The molecular weight excluding hydrogens is 514 g/mol. The lowest BCUT2D eigenvalue weighted by molar-refractivity contribution is 1.00. The van der Waals surface area contributed by atoms with Gasteiger partial charge in [0.2, 0.25) is 0 Å². The van der Waals surface area contributed by atoms with Crippen LogP contribution in [0, 0.1) is 6.92 Å². The van der Waals surface area contributed by atoms with E-state index in [2.05, 4.69) is 84.3 Å². The van der Waals surface area contributed by atoms with E-state index in [-0.39, 0.29) is 0 Å². The van der Waals surface area contributed by atoms with Crippen LogP contribution in [0.15, 0.2) is 133 Å². The highest BCUT2D eigenvalue weighted by molar-refractivity contribution is 6.23. The molecule has 0 amide bonds. The second-order valence-corrected chi connectivity index (χ2v) is 10.4. The molecule has 8 rings (SSSR count). The molecule has 8 aromatic rings. The van der Waals surface area contributed by atoms with Gasteiger partial charge in [-0.05, 0) is 29.8 Å². The van der Waals surface area contributed by atoms with Gasteiger partial charge in [-0.1, -0.05) is 121 Å². The number of fused-ring (bicyclic) bond motifs is 6. The van der Waals surface area contributed by atoms with E-state index in [1.165, 1.54) is 16.2 Å². The van der Waals surface area contributed by atoms with Crippen LogP contribution in [0.5, 0.6) is 0 Å². The fourth-order valence-corrected chi connectivity index (χ4v) is 5.85. The van der Waals surface area contributed by atoms with Gasteiger partial charge in [-0.2, -0.15) is 0 Å². The smallest absolute Gasteiger partial charge is 0.164 e. The maximum atomic E-state index is 5.10. The van der Waals surface area contributed by atoms with Crippen LogP contribution in [0.1, 0.15) is 5.82 Å². The molecule has 6 aromatic carbocycles. The van der Waals surface area contributed by atoms with E-state index in [0.29, 0.717) is 17.5 Å². The fourth-order valence-electron chi connectivity index (χ4n) is 5.85. The minimum Gasteiger partial charge on any atom is -0.296 e. The number of benzene rings is 6. The molecule has 42 heavy (non-hydrogen) atoms. The Bertz CT molecular complexity index is 2200. The predicted octanol–water partition coefficient (Wildman–Crippen LogP) is 8.83. The van der Waals surface area contributed by atoms with E-state index in [0.717, 1.165) is 44.6 Å². The zero-order chi connectivity index (χ0) is 28.0. The van der Waals surface area contributed by atoms with Gasteiger partial charge in [0.15, 0.2) is 17.5 Å². The number of rotatable bonds is 4. The summed E-state index contributed by atoms with van der Waals surface area (Å²) < 4.78 is 2.25. The topological polar surface area (TPSA) is 56.5 Å². The summed E-state index contributed by atoms with van der Waals surface area (Å²) in [7, 11) is 0. The Balaban J connectivity index is 1.36. The molecule has 0 aliphatic heterocycles. The molecule has 0 spiro atoms. The Morgan fingerprint density at radius 3 is 1.52 bits per heavy atom. The minimum atomic E-state index is 0.627. The average molecular weight is 540 g/mol. The Hall–Kier alpha value is -5.68. The van der Waals surface area contributed by atoms with Gasteiger partial charge < -0.3 is 0 Å². The Kier molecular flexibility index (Phi) is 5.61. The largest absolute Gasteiger partial charge is 0.296 e. The van der Waals surface area contributed by atoms with Crippen LogP contribution in [-0.2, 0) is 0 Å². The van der Waals surface area contributed by atoms with E-state index in [1.54, 1.807) is 0 Å². The molecule has 5 nitrogen and oxygen atoms in total. The molecule has 0 saturated heterocycles. The highest BCUT2D eigenvalue weighted by Crippen LogP contribution is 2.37. The summed E-state index contributed by atoms with van der Waals surface area (Å²) in [5.41, 5.74) is 5.93. The first-order valence-corrected chi connectivity index (χ1v) is 14.0. The van der Waals surface area contributed by atoms with Gasteiger partial charge in [0, 0.05) is 33.2 Å². The van der Waals surface area contributed by atoms with Gasteiger partial charge in [0.25, 0.3) is 0 Å². The predicted molar refractivity (Wildman–Crippen MR) is 171 cm³/mol. The summed E-state index contributed by atoms with van der Waals surface area (Å²) in [4.78, 5) is 19.9. The van der Waals surface area contributed by atoms with Crippen molar-refractivity contribution >= 4 is 32.6 Å². The van der Waals surface area contributed by atoms with Gasteiger partial charge in [0.05, 0.1) is 11.0 Å². The van der Waals surface area contributed by atoms with Crippen LogP contribution in [0.25, 0.3) is 72.4 Å². The third-order valence-corrected chi connectivity index (χ3v) is 7.76. The van der Waals surface area contributed by atoms with Crippen molar-refractivity contribution in [1.82, 2.24) is 24.5 Å². The van der Waals surface area contributed by atoms with Crippen LogP contribution in [0.3, 0.4) is 0 Å². The molecule has 0 bridgehead atoms. The van der Waals surface area contributed by atoms with Gasteiger partial charge >= 0.3 is 0 Å². The molecule has 198 valence electrons. The van der Waals surface area contributed by atoms with E-state index in [1.807, 2.05) is 60.7 Å². The van der Waals surface area contributed by atoms with Crippen LogP contribution < -0.4 is 0 Å². The summed E-state index contributed by atoms with van der Waals surface area (Å²) in [5.74, 6) is 2.84. The Morgan fingerprint density at radius 1 is 0.429 bits per heavy atom. The van der Waals surface area contributed by atoms with Gasteiger partial charge in [-0.3, -0.25) is 4.57 Å². The summed E-state index contributed by atoms with van der Waals surface area (Å²) in [6.07, 6.45) is 0. The van der Waals surface area contributed by atoms with Crippen molar-refractivity contribution < 1.29 is 0 Å². The number of aromatic nitrogens is 5. The first-order valence-electron chi connectivity index (χ1n) is 14.0. The Morgan fingerprint density at radius 2 is 0.905 bits per heavy atom. The molecule has 0 radical (unpaired) electrons. The van der Waals surface area contributed by atoms with Crippen molar-refractivity contribution in [2.75, 3.05) is 0 Å². The molecule has 0 unspecified atom stereocenters. The van der Waals surface area contributed by atoms with Crippen molar-refractivity contribution in [2.24, 2.45) is 0 Å². The highest BCUT2D eigenvalue weighted by Gasteiger charge is 2.18. The number of nitrogens with zero attached hydrogens (tertiary/aromatic N) is 5. The van der Waals surface area contributed by atoms with Crippen LogP contribution >= 0.6 is 0 Å². The molecule has 0 atom stereocenters. The van der Waals surface area contributed by atoms with E-state index >= 15 is 0 Å². The molecule has 5 heteroatoms. The van der Waals surface area contributed by atoms with Crippen LogP contribution in [0.4, 0.5) is 0 Å². The second kappa shape index (κ2) is 9.75. The van der Waals surface area contributed by atoms with Crippen molar-refractivity contribution in [2.45, 2.75) is 6.92 Å². The molecule has 0 aliphatic rings. The molecule has 2 heterocycles. The lowest BCUT2D eigenvalue weighted by atomic mass is 10.00. The summed E-state index contributed by atoms with van der Waals surface area (Å²) in [5, 5.41) is 4.76. The normalized spacial score (nSPS) is 11.5. The second-order valence-electron chi connectivity index (χ2n) is 10.4. The van der Waals surface area contributed by atoms with E-state index in [9.17, 15) is 0 Å². The number of hydrogen-bond donors (Lipinski definition) is 0. The maximum absolute atomic E-state index is 5.10. The third-order valence-electron chi connectivity index (χ3n) is 7.76.